The van der Waals surface area contributed by atoms with Crippen LogP contribution in [0.15, 0.2) is 85.1 Å². The first-order valence-electron chi connectivity index (χ1n) is 42.8. The normalized spacial score (nSPS) is 13.0. The summed E-state index contributed by atoms with van der Waals surface area (Å²) in [5.74, 6) is -1.98. The van der Waals surface area contributed by atoms with Crippen molar-refractivity contribution in [1.29, 1.82) is 0 Å². The number of carboxylic acid groups (broad SMARTS) is 1. The third kappa shape index (κ3) is 81.6. The van der Waals surface area contributed by atoms with Crippen molar-refractivity contribution in [1.82, 2.24) is 0 Å². The lowest BCUT2D eigenvalue weighted by Gasteiger charge is -2.25. The van der Waals surface area contributed by atoms with Gasteiger partial charge in [-0.3, -0.25) is 9.59 Å². The van der Waals surface area contributed by atoms with Crippen molar-refractivity contribution in [2.75, 3.05) is 47.5 Å². The van der Waals surface area contributed by atoms with Gasteiger partial charge in [0.1, 0.15) is 13.2 Å². The van der Waals surface area contributed by atoms with Gasteiger partial charge in [0, 0.05) is 12.8 Å². The van der Waals surface area contributed by atoms with E-state index < -0.39 is 18.4 Å². The van der Waals surface area contributed by atoms with Crippen molar-refractivity contribution in [3.05, 3.63) is 85.1 Å². The van der Waals surface area contributed by atoms with Gasteiger partial charge in [-0.05, 0) is 70.6 Å². The van der Waals surface area contributed by atoms with Gasteiger partial charge in [-0.2, -0.15) is 0 Å². The van der Waals surface area contributed by atoms with E-state index in [0.29, 0.717) is 17.4 Å². The SMILES string of the molecule is CC/C=C\C/C=C\C/C=C\C/C=C\C/C=C\C/C=C\C/C=C\CCCCCCCCCCCCCCCCCC(=O)OC(COC(=O)CCCCCCCCCCCCCCCCCCCCCCCCCCCCCCCCCCCCCCC)COC(OCC[N+](C)(C)C)C(=O)O. The largest absolute Gasteiger partial charge is 0.477 e. The number of carbonyl (C=O) groups excluding carboxylic acids is 2. The first-order chi connectivity index (χ1) is 48.6. The summed E-state index contributed by atoms with van der Waals surface area (Å²) >= 11 is 0. The minimum Gasteiger partial charge on any atom is -0.477 e. The Kier molecular flexibility index (Phi) is 77.3. The average Bonchev–Trinajstić information content (AvgIpc) is 2.19. The van der Waals surface area contributed by atoms with Crippen LogP contribution in [-0.2, 0) is 33.3 Å². The Morgan fingerprint density at radius 1 is 0.313 bits per heavy atom. The number of hydrogen-bond donors (Lipinski definition) is 1. The lowest BCUT2D eigenvalue weighted by Crippen LogP contribution is -2.40. The van der Waals surface area contributed by atoms with E-state index in [0.717, 1.165) is 83.5 Å². The van der Waals surface area contributed by atoms with Gasteiger partial charge in [0.25, 0.3) is 6.29 Å². The predicted molar refractivity (Wildman–Crippen MR) is 429 cm³/mol. The zero-order valence-electron chi connectivity index (χ0n) is 66.2. The Morgan fingerprint density at radius 2 is 0.576 bits per heavy atom. The number of allylic oxidation sites excluding steroid dienone is 14. The highest BCUT2D eigenvalue weighted by molar-refractivity contribution is 5.71. The highest BCUT2D eigenvalue weighted by Crippen LogP contribution is 2.20. The molecule has 99 heavy (non-hydrogen) atoms. The van der Waals surface area contributed by atoms with Crippen molar-refractivity contribution in [3.63, 3.8) is 0 Å². The van der Waals surface area contributed by atoms with Gasteiger partial charge < -0.3 is 28.5 Å². The maximum Gasteiger partial charge on any atom is 0.361 e. The van der Waals surface area contributed by atoms with E-state index in [1.54, 1.807) is 0 Å². The van der Waals surface area contributed by atoms with Crippen LogP contribution in [0.5, 0.6) is 0 Å². The second-order valence-corrected chi connectivity index (χ2v) is 30.1. The van der Waals surface area contributed by atoms with Crippen LogP contribution in [0.25, 0.3) is 0 Å². The molecule has 576 valence electrons. The van der Waals surface area contributed by atoms with Gasteiger partial charge in [0.2, 0.25) is 0 Å². The summed E-state index contributed by atoms with van der Waals surface area (Å²) in [6.45, 7) is 4.83. The Morgan fingerprint density at radius 3 is 0.859 bits per heavy atom. The Balaban J connectivity index is 3.97. The molecule has 0 amide bonds. The quantitative estimate of drug-likeness (QED) is 0.0211. The number of quaternary nitrogens is 1. The molecule has 0 aliphatic carbocycles. The molecule has 2 unspecified atom stereocenters. The van der Waals surface area contributed by atoms with Crippen molar-refractivity contribution in [2.45, 2.75) is 424 Å². The molecule has 0 fully saturated rings. The van der Waals surface area contributed by atoms with Gasteiger partial charge in [0.15, 0.2) is 6.10 Å². The zero-order chi connectivity index (χ0) is 71.8. The molecule has 0 aromatic heterocycles. The number of carbonyl (C=O) groups is 3. The lowest BCUT2D eigenvalue weighted by molar-refractivity contribution is -0.870. The number of aliphatic carboxylic acids is 1. The van der Waals surface area contributed by atoms with E-state index in [-0.39, 0.29) is 38.2 Å². The topological polar surface area (TPSA) is 108 Å². The van der Waals surface area contributed by atoms with E-state index in [4.69, 9.17) is 18.9 Å². The van der Waals surface area contributed by atoms with Crippen molar-refractivity contribution in [3.8, 4) is 0 Å². The van der Waals surface area contributed by atoms with Crippen LogP contribution >= 0.6 is 0 Å². The summed E-state index contributed by atoms with van der Waals surface area (Å²) < 4.78 is 23.1. The first kappa shape index (κ1) is 95.5. The van der Waals surface area contributed by atoms with Crippen LogP contribution in [0.1, 0.15) is 412 Å². The van der Waals surface area contributed by atoms with Crippen LogP contribution in [0, 0.1) is 0 Å². The number of rotatable bonds is 80. The maximum absolute atomic E-state index is 13.0. The molecule has 0 rings (SSSR count). The second-order valence-electron chi connectivity index (χ2n) is 30.1. The van der Waals surface area contributed by atoms with Gasteiger partial charge in [-0.25, -0.2) is 4.79 Å². The molecule has 0 heterocycles. The van der Waals surface area contributed by atoms with Crippen LogP contribution < -0.4 is 0 Å². The Labute approximate surface area is 614 Å². The maximum atomic E-state index is 13.0. The molecule has 0 saturated carbocycles. The molecule has 0 aliphatic heterocycles. The summed E-state index contributed by atoms with van der Waals surface area (Å²) in [4.78, 5) is 37.8. The van der Waals surface area contributed by atoms with Crippen molar-refractivity contribution < 1.29 is 42.9 Å². The van der Waals surface area contributed by atoms with E-state index in [2.05, 4.69) is 98.9 Å². The zero-order valence-corrected chi connectivity index (χ0v) is 66.2. The summed E-state index contributed by atoms with van der Waals surface area (Å²) in [7, 11) is 6.00. The number of unbranched alkanes of at least 4 members (excludes halogenated alkanes) is 51. The second kappa shape index (κ2) is 80.2. The summed E-state index contributed by atoms with van der Waals surface area (Å²) in [6, 6.07) is 0. The fourth-order valence-corrected chi connectivity index (χ4v) is 12.7. The molecular weight excluding hydrogens is 1220 g/mol. The fourth-order valence-electron chi connectivity index (χ4n) is 12.7. The average molecular weight is 1390 g/mol. The fraction of sp³-hybridized carbons (Fsp3) is 0.811. The monoisotopic (exact) mass is 1390 g/mol. The molecule has 0 bridgehead atoms. The van der Waals surface area contributed by atoms with Crippen LogP contribution in [0.4, 0.5) is 0 Å². The Hall–Kier alpha value is -3.53. The molecule has 2 atom stereocenters. The van der Waals surface area contributed by atoms with Crippen molar-refractivity contribution in [2.24, 2.45) is 0 Å². The molecule has 9 nitrogen and oxygen atoms in total. The molecular formula is C90H164NO8+. The van der Waals surface area contributed by atoms with E-state index in [1.165, 1.54) is 302 Å². The van der Waals surface area contributed by atoms with Gasteiger partial charge >= 0.3 is 17.9 Å². The van der Waals surface area contributed by atoms with E-state index >= 15 is 0 Å². The van der Waals surface area contributed by atoms with Gasteiger partial charge in [0.05, 0.1) is 34.4 Å². The molecule has 0 radical (unpaired) electrons. The lowest BCUT2D eigenvalue weighted by atomic mass is 10.0. The molecule has 0 saturated heterocycles. The van der Waals surface area contributed by atoms with E-state index in [9.17, 15) is 19.5 Å². The van der Waals surface area contributed by atoms with E-state index in [1.807, 2.05) is 21.1 Å². The predicted octanol–water partition coefficient (Wildman–Crippen LogP) is 27.7. The summed E-state index contributed by atoms with van der Waals surface area (Å²) in [5.41, 5.74) is 0. The van der Waals surface area contributed by atoms with Crippen molar-refractivity contribution >= 4 is 17.9 Å². The summed E-state index contributed by atoms with van der Waals surface area (Å²) in [6.07, 6.45) is 108. The molecule has 9 heteroatoms. The first-order valence-corrected chi connectivity index (χ1v) is 42.8. The van der Waals surface area contributed by atoms with Crippen LogP contribution in [0.2, 0.25) is 0 Å². The number of nitrogens with zero attached hydrogens (tertiary/aromatic N) is 1. The smallest absolute Gasteiger partial charge is 0.361 e. The molecule has 1 N–H and O–H groups in total. The molecule has 0 aliphatic rings. The third-order valence-corrected chi connectivity index (χ3v) is 19.2. The van der Waals surface area contributed by atoms with Crippen LogP contribution in [0.3, 0.4) is 0 Å². The third-order valence-electron chi connectivity index (χ3n) is 19.2. The highest BCUT2D eigenvalue weighted by atomic mass is 16.7. The molecule has 0 aromatic rings. The summed E-state index contributed by atoms with van der Waals surface area (Å²) in [5, 5.41) is 9.79. The van der Waals surface area contributed by atoms with Gasteiger partial charge in [-0.1, -0.05) is 414 Å². The number of esters is 2. The number of likely N-dealkylation sites (N-methyl/N-ethyl adjacent to an activating group) is 1. The minimum absolute atomic E-state index is 0.179. The Bertz CT molecular complexity index is 1910. The van der Waals surface area contributed by atoms with Crippen LogP contribution in [-0.4, -0.2) is 87.4 Å². The number of ether oxygens (including phenoxy) is 4. The minimum atomic E-state index is -1.51. The molecule has 0 spiro atoms. The number of hydrogen-bond acceptors (Lipinski definition) is 7. The highest BCUT2D eigenvalue weighted by Gasteiger charge is 2.25. The standard InChI is InChI=1S/C90H163NO8/c1-6-8-10-12-14-16-18-20-22-24-26-28-30-32-34-36-38-40-42-44-46-48-50-52-54-56-58-60-62-64-66-68-70-72-74-76-78-80-87(92)97-84-86(85-98-90(89(94)95)96-83-82-91(3,4)5)99-88(93)81-79-77-75-73-71-69-67-65-63-61-59-57-55-53-51-49-47-45-43-41-39-37-35-33-31-29-27-25-23-21-19-17-15-13-11-9-7-2/h9,11,15,17,21,23,27,29,33,35,39,41,45,47,86,90H,6-8,10,12-14,16,18-20,22,24-26,28,30-32,34,36-38,40,42-44,46,48-85H2,1-5H3/p+1/b11-9-,17-15-,23-21-,29-27-,35-33-,41-39-,47-45-. The molecule has 0 aromatic carbocycles. The number of carboxylic acids is 1. The van der Waals surface area contributed by atoms with Gasteiger partial charge in [-0.15, -0.1) is 0 Å².